The summed E-state index contributed by atoms with van der Waals surface area (Å²) in [5, 5.41) is 0. The van der Waals surface area contributed by atoms with Gasteiger partial charge in [-0.15, -0.1) is 0 Å². The van der Waals surface area contributed by atoms with Crippen molar-refractivity contribution in [2.24, 2.45) is 5.73 Å². The zero-order chi connectivity index (χ0) is 12.3. The maximum atomic E-state index is 10.9. The molecule has 94 valence electrons. The molecule has 2 N–H and O–H groups in total. The molecular weight excluding hydrogens is 216 g/mol. The van der Waals surface area contributed by atoms with E-state index >= 15 is 0 Å². The number of carbonyl (C=O) groups excluding carboxylic acids is 1. The van der Waals surface area contributed by atoms with E-state index in [1.807, 2.05) is 6.07 Å². The molecule has 0 bridgehead atoms. The van der Waals surface area contributed by atoms with Crippen molar-refractivity contribution in [1.82, 2.24) is 4.90 Å². The van der Waals surface area contributed by atoms with Gasteiger partial charge in [0.15, 0.2) is 5.76 Å². The van der Waals surface area contributed by atoms with Gasteiger partial charge in [0.2, 0.25) is 0 Å². The molecule has 0 unspecified atom stereocenters. The molecule has 1 aromatic heterocycles. The third kappa shape index (κ3) is 3.09. The highest BCUT2D eigenvalue weighted by Crippen LogP contribution is 2.23. The molecule has 1 aromatic rings. The zero-order valence-electron chi connectivity index (χ0n) is 10.3. The molecular formula is C13H20N2O2. The van der Waals surface area contributed by atoms with Gasteiger partial charge in [0.05, 0.1) is 6.54 Å². The van der Waals surface area contributed by atoms with Crippen molar-refractivity contribution >= 4 is 5.91 Å². The number of amides is 1. The highest BCUT2D eigenvalue weighted by molar-refractivity contribution is 5.89. The minimum Gasteiger partial charge on any atom is -0.455 e. The van der Waals surface area contributed by atoms with E-state index in [-0.39, 0.29) is 5.76 Å². The predicted molar refractivity (Wildman–Crippen MR) is 65.6 cm³/mol. The maximum Gasteiger partial charge on any atom is 0.284 e. The molecule has 0 aromatic carbocycles. The largest absolute Gasteiger partial charge is 0.455 e. The first-order chi connectivity index (χ1) is 8.16. The third-order valence-corrected chi connectivity index (χ3v) is 3.51. The van der Waals surface area contributed by atoms with Gasteiger partial charge in [0.1, 0.15) is 5.76 Å². The second kappa shape index (κ2) is 5.36. The van der Waals surface area contributed by atoms with Crippen molar-refractivity contribution in [2.45, 2.75) is 44.7 Å². The molecule has 1 heterocycles. The van der Waals surface area contributed by atoms with Crippen molar-refractivity contribution in [1.29, 1.82) is 0 Å². The van der Waals surface area contributed by atoms with Gasteiger partial charge in [-0.1, -0.05) is 19.3 Å². The molecule has 0 radical (unpaired) electrons. The summed E-state index contributed by atoms with van der Waals surface area (Å²) in [6.07, 6.45) is 6.52. The Labute approximate surface area is 102 Å². The van der Waals surface area contributed by atoms with Crippen molar-refractivity contribution < 1.29 is 9.21 Å². The molecule has 2 rings (SSSR count). The van der Waals surface area contributed by atoms with Crippen LogP contribution in [0.25, 0.3) is 0 Å². The summed E-state index contributed by atoms with van der Waals surface area (Å²) < 4.78 is 5.39. The van der Waals surface area contributed by atoms with Crippen LogP contribution in [-0.2, 0) is 6.54 Å². The molecule has 1 fully saturated rings. The highest BCUT2D eigenvalue weighted by Gasteiger charge is 2.19. The molecule has 1 amide bonds. The zero-order valence-corrected chi connectivity index (χ0v) is 10.3. The third-order valence-electron chi connectivity index (χ3n) is 3.51. The smallest absolute Gasteiger partial charge is 0.284 e. The molecule has 0 atom stereocenters. The Morgan fingerprint density at radius 1 is 1.41 bits per heavy atom. The van der Waals surface area contributed by atoms with Crippen LogP contribution in [0.3, 0.4) is 0 Å². The first-order valence-corrected chi connectivity index (χ1v) is 6.25. The molecule has 1 aliphatic carbocycles. The fourth-order valence-electron chi connectivity index (χ4n) is 2.49. The molecule has 0 aliphatic heterocycles. The monoisotopic (exact) mass is 236 g/mol. The van der Waals surface area contributed by atoms with Crippen molar-refractivity contribution in [3.63, 3.8) is 0 Å². The topological polar surface area (TPSA) is 59.5 Å². The lowest BCUT2D eigenvalue weighted by molar-refractivity contribution is 0.0968. The summed E-state index contributed by atoms with van der Waals surface area (Å²) in [6, 6.07) is 4.12. The van der Waals surface area contributed by atoms with Gasteiger partial charge in [-0.3, -0.25) is 9.69 Å². The van der Waals surface area contributed by atoms with Crippen LogP contribution in [0.4, 0.5) is 0 Å². The lowest BCUT2D eigenvalue weighted by Gasteiger charge is -2.30. The van der Waals surface area contributed by atoms with Gasteiger partial charge < -0.3 is 10.2 Å². The Morgan fingerprint density at radius 2 is 2.12 bits per heavy atom. The molecule has 1 aliphatic rings. The molecule has 0 spiro atoms. The van der Waals surface area contributed by atoms with Crippen molar-refractivity contribution in [3.8, 4) is 0 Å². The fourth-order valence-corrected chi connectivity index (χ4v) is 2.49. The number of primary amides is 1. The van der Waals surface area contributed by atoms with Crippen LogP contribution in [-0.4, -0.2) is 23.9 Å². The van der Waals surface area contributed by atoms with Crippen LogP contribution in [0.2, 0.25) is 0 Å². The number of carbonyl (C=O) groups is 1. The second-order valence-corrected chi connectivity index (χ2v) is 4.84. The molecule has 4 nitrogen and oxygen atoms in total. The Morgan fingerprint density at radius 3 is 2.71 bits per heavy atom. The molecule has 17 heavy (non-hydrogen) atoms. The summed E-state index contributed by atoms with van der Waals surface area (Å²) in [5.74, 6) is 0.556. The second-order valence-electron chi connectivity index (χ2n) is 4.84. The normalized spacial score (nSPS) is 17.5. The van der Waals surface area contributed by atoms with E-state index in [0.29, 0.717) is 6.04 Å². The van der Waals surface area contributed by atoms with Gasteiger partial charge >= 0.3 is 0 Å². The summed E-state index contributed by atoms with van der Waals surface area (Å²) in [7, 11) is 2.11. The minimum absolute atomic E-state index is 0.247. The van der Waals surface area contributed by atoms with Gasteiger partial charge in [-0.05, 0) is 32.0 Å². The van der Waals surface area contributed by atoms with E-state index in [2.05, 4.69) is 11.9 Å². The summed E-state index contributed by atoms with van der Waals surface area (Å²) in [4.78, 5) is 13.2. The fraction of sp³-hybridized carbons (Fsp3) is 0.615. The SMILES string of the molecule is CN(Cc1ccc(C(N)=O)o1)C1CCCCC1. The minimum atomic E-state index is -0.503. The average molecular weight is 236 g/mol. The predicted octanol–water partition coefficient (Wildman–Crippen LogP) is 2.14. The number of hydrogen-bond donors (Lipinski definition) is 1. The van der Waals surface area contributed by atoms with Crippen molar-refractivity contribution in [3.05, 3.63) is 23.7 Å². The standard InChI is InChI=1S/C13H20N2O2/c1-15(10-5-3-2-4-6-10)9-11-7-8-12(17-11)13(14)16/h7-8,10H,2-6,9H2,1H3,(H2,14,16). The van der Waals surface area contributed by atoms with Gasteiger partial charge in [-0.2, -0.15) is 0 Å². The Balaban J connectivity index is 1.92. The number of nitrogens with zero attached hydrogens (tertiary/aromatic N) is 1. The van der Waals surface area contributed by atoms with E-state index in [1.165, 1.54) is 32.1 Å². The van der Waals surface area contributed by atoms with E-state index in [9.17, 15) is 4.79 Å². The quantitative estimate of drug-likeness (QED) is 0.871. The van der Waals surface area contributed by atoms with Crippen LogP contribution in [0.1, 0.15) is 48.4 Å². The van der Waals surface area contributed by atoms with E-state index < -0.39 is 5.91 Å². The number of furan rings is 1. The molecule has 4 heteroatoms. The first-order valence-electron chi connectivity index (χ1n) is 6.25. The number of nitrogens with two attached hydrogens (primary N) is 1. The molecule has 1 saturated carbocycles. The summed E-state index contributed by atoms with van der Waals surface area (Å²) in [5.41, 5.74) is 5.15. The number of hydrogen-bond acceptors (Lipinski definition) is 3. The van der Waals surface area contributed by atoms with Gasteiger partial charge in [-0.25, -0.2) is 0 Å². The van der Waals surface area contributed by atoms with Crippen LogP contribution >= 0.6 is 0 Å². The van der Waals surface area contributed by atoms with Gasteiger partial charge in [0, 0.05) is 6.04 Å². The van der Waals surface area contributed by atoms with Crippen LogP contribution < -0.4 is 5.73 Å². The summed E-state index contributed by atoms with van der Waals surface area (Å²) >= 11 is 0. The lowest BCUT2D eigenvalue weighted by atomic mass is 9.94. The maximum absolute atomic E-state index is 10.9. The van der Waals surface area contributed by atoms with Gasteiger partial charge in [0.25, 0.3) is 5.91 Å². The Hall–Kier alpha value is -1.29. The van der Waals surface area contributed by atoms with Crippen LogP contribution in [0.15, 0.2) is 16.5 Å². The Kier molecular flexibility index (Phi) is 3.84. The highest BCUT2D eigenvalue weighted by atomic mass is 16.4. The van der Waals surface area contributed by atoms with Crippen molar-refractivity contribution in [2.75, 3.05) is 7.05 Å². The van der Waals surface area contributed by atoms with Crippen LogP contribution in [0.5, 0.6) is 0 Å². The van der Waals surface area contributed by atoms with E-state index in [0.717, 1.165) is 12.3 Å². The van der Waals surface area contributed by atoms with E-state index in [1.54, 1.807) is 6.07 Å². The average Bonchev–Trinajstić information content (AvgIpc) is 2.79. The summed E-state index contributed by atoms with van der Waals surface area (Å²) in [6.45, 7) is 0.748. The number of rotatable bonds is 4. The lowest BCUT2D eigenvalue weighted by Crippen LogP contribution is -2.32. The Bertz CT molecular complexity index is 381. The molecule has 0 saturated heterocycles. The first kappa shape index (κ1) is 12.2. The van der Waals surface area contributed by atoms with E-state index in [4.69, 9.17) is 10.2 Å². The van der Waals surface area contributed by atoms with Crippen LogP contribution in [0, 0.1) is 0 Å².